The van der Waals surface area contributed by atoms with Gasteiger partial charge in [0.15, 0.2) is 0 Å². The molecule has 0 bridgehead atoms. The van der Waals surface area contributed by atoms with E-state index in [-0.39, 0.29) is 5.82 Å². The number of hydrogen-bond acceptors (Lipinski definition) is 2. The largest absolute Gasteiger partial charge is 0.207 e. The zero-order chi connectivity index (χ0) is 12.3. The highest BCUT2D eigenvalue weighted by molar-refractivity contribution is 9.11. The fourth-order valence-electron chi connectivity index (χ4n) is 1.38. The molecule has 0 unspecified atom stereocenters. The van der Waals surface area contributed by atoms with Crippen LogP contribution in [0.4, 0.5) is 4.39 Å². The number of thiophene rings is 1. The lowest BCUT2D eigenvalue weighted by Crippen LogP contribution is -1.82. The molecule has 0 N–H and O–H groups in total. The number of allylic oxidation sites excluding steroid dienone is 1. The lowest BCUT2D eigenvalue weighted by atomic mass is 10.1. The van der Waals surface area contributed by atoms with E-state index in [2.05, 4.69) is 22.0 Å². The van der Waals surface area contributed by atoms with Crippen molar-refractivity contribution in [1.82, 2.24) is 0 Å². The number of rotatable bonds is 2. The van der Waals surface area contributed by atoms with Crippen LogP contribution in [-0.4, -0.2) is 0 Å². The van der Waals surface area contributed by atoms with E-state index >= 15 is 0 Å². The average molecular weight is 308 g/mol. The van der Waals surface area contributed by atoms with Gasteiger partial charge in [0.25, 0.3) is 0 Å². The molecule has 0 fully saturated rings. The average Bonchev–Trinajstić information content (AvgIpc) is 2.72. The maximum atomic E-state index is 13.1. The normalized spacial score (nSPS) is 11.2. The van der Waals surface area contributed by atoms with Crippen molar-refractivity contribution in [3.63, 3.8) is 0 Å². The van der Waals surface area contributed by atoms with E-state index in [0.29, 0.717) is 11.1 Å². The first kappa shape index (κ1) is 12.0. The van der Waals surface area contributed by atoms with Crippen molar-refractivity contribution in [2.75, 3.05) is 0 Å². The number of nitriles is 1. The van der Waals surface area contributed by atoms with E-state index in [9.17, 15) is 4.39 Å². The van der Waals surface area contributed by atoms with Crippen LogP contribution < -0.4 is 0 Å². The third kappa shape index (κ3) is 3.02. The van der Waals surface area contributed by atoms with E-state index in [1.807, 2.05) is 12.1 Å². The predicted octanol–water partition coefficient (Wildman–Crippen LogP) is 4.71. The molecule has 0 aliphatic heterocycles. The lowest BCUT2D eigenvalue weighted by molar-refractivity contribution is 0.627. The minimum atomic E-state index is -0.337. The molecule has 0 aliphatic carbocycles. The first-order valence-electron chi connectivity index (χ1n) is 4.82. The fourth-order valence-corrected chi connectivity index (χ4v) is 2.75. The molecule has 1 aromatic heterocycles. The van der Waals surface area contributed by atoms with Crippen LogP contribution in [0.25, 0.3) is 11.6 Å². The number of nitrogens with zero attached hydrogens (tertiary/aromatic N) is 1. The van der Waals surface area contributed by atoms with Gasteiger partial charge < -0.3 is 0 Å². The minimum absolute atomic E-state index is 0.337. The molecule has 0 amide bonds. The van der Waals surface area contributed by atoms with Crippen LogP contribution in [0.15, 0.2) is 40.2 Å². The maximum absolute atomic E-state index is 13.1. The second-order valence-corrected chi connectivity index (χ2v) is 5.82. The Morgan fingerprint density at radius 2 is 2.18 bits per heavy atom. The van der Waals surface area contributed by atoms with Gasteiger partial charge in [0.2, 0.25) is 0 Å². The monoisotopic (exact) mass is 307 g/mol. The number of halogens is 2. The zero-order valence-corrected chi connectivity index (χ0v) is 11.1. The fraction of sp³-hybridized carbons (Fsp3) is 0. The van der Waals surface area contributed by atoms with Gasteiger partial charge >= 0.3 is 0 Å². The summed E-state index contributed by atoms with van der Waals surface area (Å²) in [6.07, 6.45) is 1.75. The van der Waals surface area contributed by atoms with Gasteiger partial charge in [-0.1, -0.05) is 12.1 Å². The van der Waals surface area contributed by atoms with E-state index < -0.39 is 0 Å². The summed E-state index contributed by atoms with van der Waals surface area (Å²) in [6.45, 7) is 0. The first-order valence-corrected chi connectivity index (χ1v) is 6.43. The van der Waals surface area contributed by atoms with Crippen molar-refractivity contribution in [2.24, 2.45) is 0 Å². The van der Waals surface area contributed by atoms with E-state index in [1.54, 1.807) is 18.2 Å². The van der Waals surface area contributed by atoms with Crippen LogP contribution in [-0.2, 0) is 0 Å². The van der Waals surface area contributed by atoms with Gasteiger partial charge in [0.1, 0.15) is 5.82 Å². The molecular weight excluding hydrogens is 301 g/mol. The molecule has 0 saturated carbocycles. The van der Waals surface area contributed by atoms with Gasteiger partial charge in [-0.3, -0.25) is 0 Å². The SMILES string of the molecule is N#C/C(=C/c1ccc(Br)s1)c1cccc(F)c1. The van der Waals surface area contributed by atoms with Crippen molar-refractivity contribution < 1.29 is 4.39 Å². The highest BCUT2D eigenvalue weighted by atomic mass is 79.9. The van der Waals surface area contributed by atoms with E-state index in [1.165, 1.54) is 23.5 Å². The second kappa shape index (κ2) is 5.26. The molecule has 0 atom stereocenters. The van der Waals surface area contributed by atoms with Crippen molar-refractivity contribution in [3.8, 4) is 6.07 Å². The Kier molecular flexibility index (Phi) is 3.72. The van der Waals surface area contributed by atoms with Crippen LogP contribution in [0.1, 0.15) is 10.4 Å². The summed E-state index contributed by atoms with van der Waals surface area (Å²) in [6, 6.07) is 12.0. The Bertz CT molecular complexity index is 610. The Hall–Kier alpha value is -1.44. The van der Waals surface area contributed by atoms with E-state index in [0.717, 1.165) is 8.66 Å². The predicted molar refractivity (Wildman–Crippen MR) is 71.9 cm³/mol. The molecule has 0 saturated heterocycles. The van der Waals surface area contributed by atoms with E-state index in [4.69, 9.17) is 5.26 Å². The molecule has 17 heavy (non-hydrogen) atoms. The molecule has 2 aromatic rings. The highest BCUT2D eigenvalue weighted by Gasteiger charge is 2.03. The maximum Gasteiger partial charge on any atom is 0.123 e. The summed E-state index contributed by atoms with van der Waals surface area (Å²) >= 11 is 4.88. The summed E-state index contributed by atoms with van der Waals surface area (Å²) in [5.41, 5.74) is 1.05. The molecule has 4 heteroatoms. The Morgan fingerprint density at radius 1 is 1.35 bits per heavy atom. The summed E-state index contributed by atoms with van der Waals surface area (Å²) in [5.74, 6) is -0.337. The third-order valence-electron chi connectivity index (χ3n) is 2.14. The van der Waals surface area contributed by atoms with Crippen molar-refractivity contribution in [3.05, 3.63) is 56.4 Å². The molecule has 1 nitrogen and oxygen atoms in total. The van der Waals surface area contributed by atoms with Gasteiger partial charge in [0.05, 0.1) is 15.4 Å². The molecule has 1 heterocycles. The highest BCUT2D eigenvalue weighted by Crippen LogP contribution is 2.26. The van der Waals surface area contributed by atoms with Crippen molar-refractivity contribution in [2.45, 2.75) is 0 Å². The zero-order valence-electron chi connectivity index (χ0n) is 8.65. The van der Waals surface area contributed by atoms with Crippen LogP contribution in [0.3, 0.4) is 0 Å². The van der Waals surface area contributed by atoms with Gasteiger partial charge in [0, 0.05) is 4.88 Å². The van der Waals surface area contributed by atoms with Gasteiger partial charge in [-0.05, 0) is 51.8 Å². The molecule has 0 spiro atoms. The topological polar surface area (TPSA) is 23.8 Å². The van der Waals surface area contributed by atoms with Crippen LogP contribution in [0.2, 0.25) is 0 Å². The summed E-state index contributed by atoms with van der Waals surface area (Å²) in [4.78, 5) is 0.956. The molecular formula is C13H7BrFNS. The molecule has 0 aliphatic rings. The summed E-state index contributed by atoms with van der Waals surface area (Å²) < 4.78 is 14.1. The summed E-state index contributed by atoms with van der Waals surface area (Å²) in [7, 11) is 0. The van der Waals surface area contributed by atoms with Gasteiger partial charge in [-0.25, -0.2) is 4.39 Å². The standard InChI is InChI=1S/C13H7BrFNS/c14-13-5-4-12(17-13)7-10(8-16)9-2-1-3-11(15)6-9/h1-7H/b10-7-. The van der Waals surface area contributed by atoms with Crippen LogP contribution >= 0.6 is 27.3 Å². The number of hydrogen-bond donors (Lipinski definition) is 0. The lowest BCUT2D eigenvalue weighted by Gasteiger charge is -1.98. The first-order chi connectivity index (χ1) is 8.19. The Labute approximate surface area is 111 Å². The quantitative estimate of drug-likeness (QED) is 0.737. The second-order valence-electron chi connectivity index (χ2n) is 3.32. The van der Waals surface area contributed by atoms with Gasteiger partial charge in [-0.15, -0.1) is 11.3 Å². The minimum Gasteiger partial charge on any atom is -0.207 e. The van der Waals surface area contributed by atoms with Crippen molar-refractivity contribution in [1.29, 1.82) is 5.26 Å². The molecule has 0 radical (unpaired) electrons. The molecule has 1 aromatic carbocycles. The Morgan fingerprint density at radius 3 is 2.76 bits per heavy atom. The third-order valence-corrected chi connectivity index (χ3v) is 3.71. The Balaban J connectivity index is 2.41. The molecule has 84 valence electrons. The van der Waals surface area contributed by atoms with Crippen LogP contribution in [0, 0.1) is 17.1 Å². The smallest absolute Gasteiger partial charge is 0.123 e. The summed E-state index contributed by atoms with van der Waals surface area (Å²) in [5, 5.41) is 9.09. The van der Waals surface area contributed by atoms with Gasteiger partial charge in [-0.2, -0.15) is 5.26 Å². The van der Waals surface area contributed by atoms with Crippen molar-refractivity contribution >= 4 is 38.9 Å². The molecule has 2 rings (SSSR count). The van der Waals surface area contributed by atoms with Crippen LogP contribution in [0.5, 0.6) is 0 Å². The number of benzene rings is 1.